The molecule has 0 saturated heterocycles. The van der Waals surface area contributed by atoms with E-state index in [1.807, 2.05) is 172 Å². The Balaban J connectivity index is 0.933. The average Bonchev–Trinajstić information content (AvgIpc) is 4.15. The number of halogens is 2. The zero-order chi connectivity index (χ0) is 45.5. The van der Waals surface area contributed by atoms with Crippen LogP contribution in [0.2, 0.25) is 5.02 Å². The van der Waals surface area contributed by atoms with Gasteiger partial charge in [0.2, 0.25) is 0 Å². The molecule has 0 unspecified atom stereocenters. The second kappa shape index (κ2) is 15.4. The van der Waals surface area contributed by atoms with E-state index < -0.39 is 5.82 Å². The van der Waals surface area contributed by atoms with E-state index in [1.54, 1.807) is 39.6 Å². The maximum Gasteiger partial charge on any atom is 0.365 e. The monoisotopic (exact) mass is 905 g/mol. The van der Waals surface area contributed by atoms with Gasteiger partial charge < -0.3 is 19.4 Å². The summed E-state index contributed by atoms with van der Waals surface area (Å²) < 4.78 is 30.9. The molecule has 326 valence electrons. The lowest BCUT2D eigenvalue weighted by Gasteiger charge is -2.21. The third kappa shape index (κ3) is 6.54. The molecule has 67 heavy (non-hydrogen) atoms. The second-order valence-corrected chi connectivity index (χ2v) is 16.4. The van der Waals surface area contributed by atoms with Crippen molar-refractivity contribution < 1.29 is 18.5 Å². The minimum Gasteiger partial charge on any atom is -0.497 e. The molecular weight excluding hydrogens is 869 g/mol. The van der Waals surface area contributed by atoms with Crippen LogP contribution in [0.25, 0.3) is 61.4 Å². The summed E-state index contributed by atoms with van der Waals surface area (Å²) in [5.74, 6) is 3.31. The lowest BCUT2D eigenvalue weighted by molar-refractivity contribution is -0.655. The molecule has 6 aromatic carbocycles. The number of fused-ring (bicyclic) bond motifs is 9. The number of rotatable bonds is 9. The topological polar surface area (TPSA) is 130 Å². The quantitative estimate of drug-likeness (QED) is 0.130. The summed E-state index contributed by atoms with van der Waals surface area (Å²) in [4.78, 5) is 20.9. The van der Waals surface area contributed by atoms with Gasteiger partial charge in [-0.3, -0.25) is 4.40 Å². The molecule has 0 aliphatic carbocycles. The lowest BCUT2D eigenvalue weighted by atomic mass is 10.2. The van der Waals surface area contributed by atoms with Crippen LogP contribution in [0, 0.1) is 5.82 Å². The van der Waals surface area contributed by atoms with Crippen LogP contribution in [0.3, 0.4) is 0 Å². The summed E-state index contributed by atoms with van der Waals surface area (Å²) in [6, 6.07) is 42.4. The molecule has 12 aromatic rings. The maximum atomic E-state index is 16.2. The number of nitrogens with zero attached hydrogens (tertiary/aromatic N) is 15. The summed E-state index contributed by atoms with van der Waals surface area (Å²) in [5, 5.41) is 21.2. The highest BCUT2D eigenvalue weighted by atomic mass is 35.5. The molecule has 0 aliphatic heterocycles. The fourth-order valence-electron chi connectivity index (χ4n) is 8.68. The summed E-state index contributed by atoms with van der Waals surface area (Å²) >= 11 is 6.57. The fraction of sp³-hybridized carbons (Fsp3) is 0.0816. The van der Waals surface area contributed by atoms with Crippen molar-refractivity contribution in [1.29, 1.82) is 0 Å². The van der Waals surface area contributed by atoms with Crippen molar-refractivity contribution in [2.24, 2.45) is 0 Å². The first kappa shape index (κ1) is 39.7. The highest BCUT2D eigenvalue weighted by Gasteiger charge is 2.26. The number of hydrogen-bond acceptors (Lipinski definition) is 11. The number of methoxy groups -OCH3 is 1. The van der Waals surface area contributed by atoms with Crippen LogP contribution in [0.4, 0.5) is 38.9 Å². The average molecular weight is 906 g/mol. The van der Waals surface area contributed by atoms with Crippen molar-refractivity contribution in [3.05, 3.63) is 163 Å². The van der Waals surface area contributed by atoms with E-state index in [-0.39, 0.29) is 5.78 Å². The second-order valence-electron chi connectivity index (χ2n) is 16.0. The molecule has 0 saturated carbocycles. The molecule has 0 fully saturated rings. The fourth-order valence-corrected chi connectivity index (χ4v) is 8.85. The SMILES string of the molecule is COc1cc(N(C)c2nc3nncn3c3ccccc23)cc(-[n+]2cn3c(nc(N(C)c4cccc(-[n+]5cn6c(nc(N(C)c7ccccc7)c7ccc(Cl)cc76)n5)c4)c4cccc(F)c43)n2)c1. The van der Waals surface area contributed by atoms with Gasteiger partial charge in [0, 0.05) is 73.3 Å². The van der Waals surface area contributed by atoms with Crippen molar-refractivity contribution in [2.75, 3.05) is 43.0 Å². The highest BCUT2D eigenvalue weighted by molar-refractivity contribution is 6.31. The molecule has 16 nitrogen and oxygen atoms in total. The third-order valence-corrected chi connectivity index (χ3v) is 12.3. The first-order valence-corrected chi connectivity index (χ1v) is 21.5. The number of hydrogen-bond donors (Lipinski definition) is 0. The van der Waals surface area contributed by atoms with Gasteiger partial charge in [-0.15, -0.1) is 10.2 Å². The third-order valence-electron chi connectivity index (χ3n) is 12.1. The smallest absolute Gasteiger partial charge is 0.365 e. The van der Waals surface area contributed by atoms with Crippen LogP contribution in [0.5, 0.6) is 5.75 Å². The minimum absolute atomic E-state index is 0.279. The Kier molecular flexibility index (Phi) is 9.14. The Morgan fingerprint density at radius 1 is 0.552 bits per heavy atom. The van der Waals surface area contributed by atoms with Crippen molar-refractivity contribution in [1.82, 2.24) is 48.5 Å². The van der Waals surface area contributed by atoms with E-state index >= 15 is 4.39 Å². The van der Waals surface area contributed by atoms with E-state index in [2.05, 4.69) is 10.2 Å². The number of para-hydroxylation sites is 3. The highest BCUT2D eigenvalue weighted by Crippen LogP contribution is 2.36. The van der Waals surface area contributed by atoms with Crippen LogP contribution >= 0.6 is 11.6 Å². The Bertz CT molecular complexity index is 3930. The molecule has 12 rings (SSSR count). The summed E-state index contributed by atoms with van der Waals surface area (Å²) in [6.07, 6.45) is 5.26. The summed E-state index contributed by atoms with van der Waals surface area (Å²) in [5.41, 5.74) is 6.03. The van der Waals surface area contributed by atoms with E-state index in [4.69, 9.17) is 41.5 Å². The molecule has 6 aromatic heterocycles. The zero-order valence-electron chi connectivity index (χ0n) is 36.3. The van der Waals surface area contributed by atoms with Crippen LogP contribution in [-0.2, 0) is 0 Å². The number of anilines is 6. The molecule has 18 heteroatoms. The van der Waals surface area contributed by atoms with Crippen molar-refractivity contribution in [3.63, 3.8) is 0 Å². The number of ether oxygens (including phenoxy) is 1. The molecular formula is C49H37ClFN15O+2. The van der Waals surface area contributed by atoms with Gasteiger partial charge in [-0.2, -0.15) is 23.8 Å². The van der Waals surface area contributed by atoms with E-state index in [9.17, 15) is 0 Å². The Morgan fingerprint density at radius 3 is 2.00 bits per heavy atom. The first-order chi connectivity index (χ1) is 32.7. The van der Waals surface area contributed by atoms with Gasteiger partial charge in [0.15, 0.2) is 34.3 Å². The van der Waals surface area contributed by atoms with Gasteiger partial charge >= 0.3 is 11.6 Å². The van der Waals surface area contributed by atoms with Crippen molar-refractivity contribution in [3.8, 4) is 17.1 Å². The van der Waals surface area contributed by atoms with E-state index in [0.717, 1.165) is 50.4 Å². The standard InChI is InChI=1S/C49H37ClFN15O/c1-59(31-12-6-5-7-13-31)45-38-21-20-30(50)22-42(38)63-28-65(57-48(63)54-45)33-15-10-14-32(23-33)60(2)46-39-17-11-18-40(51)43(39)64-29-66(58-49(64)55-46)35-24-34(25-36(26-35)67-4)61(3)44-37-16-8-9-19-41(37)62-27-52-56-47(62)53-44/h5-29H,1-4H3/q+2. The van der Waals surface area contributed by atoms with Gasteiger partial charge in [-0.25, -0.2) is 4.39 Å². The Morgan fingerprint density at radius 2 is 1.18 bits per heavy atom. The number of aromatic nitrogens is 12. The molecule has 0 bridgehead atoms. The molecule has 0 spiro atoms. The number of benzene rings is 6. The Labute approximate surface area is 385 Å². The van der Waals surface area contributed by atoms with Gasteiger partial charge in [-0.05, 0) is 70.9 Å². The lowest BCUT2D eigenvalue weighted by Crippen LogP contribution is -2.32. The Hall–Kier alpha value is -8.83. The normalized spacial score (nSPS) is 11.7. The maximum absolute atomic E-state index is 16.2. The molecule has 0 atom stereocenters. The van der Waals surface area contributed by atoms with Crippen LogP contribution in [0.1, 0.15) is 0 Å². The van der Waals surface area contributed by atoms with Gasteiger partial charge in [0.05, 0.1) is 29.1 Å². The van der Waals surface area contributed by atoms with Gasteiger partial charge in [0.25, 0.3) is 18.4 Å². The minimum atomic E-state index is -0.428. The molecule has 0 amide bonds. The molecule has 0 radical (unpaired) electrons. The van der Waals surface area contributed by atoms with Crippen LogP contribution in [0.15, 0.2) is 152 Å². The summed E-state index contributed by atoms with van der Waals surface area (Å²) in [7, 11) is 7.42. The molecule has 6 heterocycles. The van der Waals surface area contributed by atoms with Crippen LogP contribution in [-0.4, -0.2) is 76.8 Å². The zero-order valence-corrected chi connectivity index (χ0v) is 37.1. The van der Waals surface area contributed by atoms with E-state index in [0.29, 0.717) is 50.6 Å². The first-order valence-electron chi connectivity index (χ1n) is 21.1. The molecule has 0 aliphatic rings. The van der Waals surface area contributed by atoms with Crippen molar-refractivity contribution in [2.45, 2.75) is 0 Å². The molecule has 0 N–H and O–H groups in total. The van der Waals surface area contributed by atoms with Crippen molar-refractivity contribution >= 4 is 96.2 Å². The van der Waals surface area contributed by atoms with Gasteiger partial charge in [-0.1, -0.05) is 63.4 Å². The predicted molar refractivity (Wildman–Crippen MR) is 254 cm³/mol. The van der Waals surface area contributed by atoms with Crippen LogP contribution < -0.4 is 28.8 Å². The summed E-state index contributed by atoms with van der Waals surface area (Å²) in [6.45, 7) is 0. The predicted octanol–water partition coefficient (Wildman–Crippen LogP) is 8.33. The van der Waals surface area contributed by atoms with E-state index in [1.165, 1.54) is 6.07 Å². The van der Waals surface area contributed by atoms with Gasteiger partial charge in [0.1, 0.15) is 23.4 Å². The largest absolute Gasteiger partial charge is 0.497 e.